The summed E-state index contributed by atoms with van der Waals surface area (Å²) < 4.78 is 33.0. The van der Waals surface area contributed by atoms with Crippen LogP contribution in [0.4, 0.5) is 5.69 Å². The lowest BCUT2D eigenvalue weighted by atomic mass is 10.1. The summed E-state index contributed by atoms with van der Waals surface area (Å²) in [6, 6.07) is 11.4. The summed E-state index contributed by atoms with van der Waals surface area (Å²) in [6.07, 6.45) is 1.07. The number of hydrogen-bond donors (Lipinski definition) is 2. The fraction of sp³-hybridized carbons (Fsp3) is 0.333. The molecule has 158 valence electrons. The van der Waals surface area contributed by atoms with E-state index in [1.54, 1.807) is 0 Å². The molecular formula is C21H23N3O5S. The lowest BCUT2D eigenvalue weighted by molar-refractivity contribution is -0.124. The zero-order valence-corrected chi connectivity index (χ0v) is 17.4. The van der Waals surface area contributed by atoms with Crippen molar-refractivity contribution in [2.75, 3.05) is 18.5 Å². The Bertz CT molecular complexity index is 1080. The number of carbonyl (C=O) groups is 2. The van der Waals surface area contributed by atoms with Gasteiger partial charge < -0.3 is 15.4 Å². The van der Waals surface area contributed by atoms with Gasteiger partial charge in [-0.15, -0.1) is 0 Å². The maximum Gasteiger partial charge on any atom is 0.262 e. The number of fused-ring (bicyclic) bond motifs is 1. The number of amides is 2. The number of nitrogens with zero attached hydrogens (tertiary/aromatic N) is 1. The number of carbonyl (C=O) groups excluding carboxylic acids is 2. The maximum atomic E-state index is 13.2. The lowest BCUT2D eigenvalue weighted by Gasteiger charge is -2.24. The Hall–Kier alpha value is -2.91. The molecule has 2 heterocycles. The Balaban J connectivity index is 1.50. The molecule has 2 aliphatic rings. The highest BCUT2D eigenvalue weighted by Gasteiger charge is 2.39. The monoisotopic (exact) mass is 429 g/mol. The Labute approximate surface area is 175 Å². The number of hydrogen-bond acceptors (Lipinski definition) is 5. The predicted octanol–water partition coefficient (Wildman–Crippen LogP) is 1.80. The average molecular weight is 429 g/mol. The highest BCUT2D eigenvalue weighted by Crippen LogP contribution is 2.33. The van der Waals surface area contributed by atoms with E-state index in [0.717, 1.165) is 11.1 Å². The molecule has 30 heavy (non-hydrogen) atoms. The first-order valence-corrected chi connectivity index (χ1v) is 11.2. The van der Waals surface area contributed by atoms with Gasteiger partial charge in [-0.1, -0.05) is 29.8 Å². The molecule has 0 unspecified atom stereocenters. The normalized spacial score (nSPS) is 19.0. The minimum Gasteiger partial charge on any atom is -0.482 e. The highest BCUT2D eigenvalue weighted by molar-refractivity contribution is 7.89. The standard InChI is InChI=1S/C21H23N3O5S/c1-14-4-6-15(7-5-14)12-22-21(26)18-3-2-10-24(18)30(27,28)16-8-9-19-17(11-16)23-20(25)13-29-19/h4-9,11,18H,2-3,10,12-13H2,1H3,(H,22,26)(H,23,25)/t18-/m1/s1. The average Bonchev–Trinajstić information content (AvgIpc) is 3.23. The van der Waals surface area contributed by atoms with Gasteiger partial charge in [-0.25, -0.2) is 8.42 Å². The molecule has 1 fully saturated rings. The molecule has 0 radical (unpaired) electrons. The summed E-state index contributed by atoms with van der Waals surface area (Å²) in [5.41, 5.74) is 2.39. The molecule has 0 bridgehead atoms. The van der Waals surface area contributed by atoms with E-state index in [-0.39, 0.29) is 29.9 Å². The molecule has 1 atom stereocenters. The van der Waals surface area contributed by atoms with Crippen LogP contribution in [-0.4, -0.2) is 43.7 Å². The predicted molar refractivity (Wildman–Crippen MR) is 111 cm³/mol. The van der Waals surface area contributed by atoms with Gasteiger partial charge in [0.2, 0.25) is 15.9 Å². The third-order valence-electron chi connectivity index (χ3n) is 5.28. The third-order valence-corrected chi connectivity index (χ3v) is 7.19. The quantitative estimate of drug-likeness (QED) is 0.754. The van der Waals surface area contributed by atoms with E-state index in [2.05, 4.69) is 10.6 Å². The zero-order valence-electron chi connectivity index (χ0n) is 16.6. The van der Waals surface area contributed by atoms with Crippen LogP contribution in [0.25, 0.3) is 0 Å². The lowest BCUT2D eigenvalue weighted by Crippen LogP contribution is -2.45. The van der Waals surface area contributed by atoms with Crippen molar-refractivity contribution in [1.29, 1.82) is 0 Å². The summed E-state index contributed by atoms with van der Waals surface area (Å²) in [5.74, 6) is -0.236. The van der Waals surface area contributed by atoms with E-state index in [0.29, 0.717) is 30.8 Å². The van der Waals surface area contributed by atoms with Crippen molar-refractivity contribution in [3.05, 3.63) is 53.6 Å². The topological polar surface area (TPSA) is 105 Å². The van der Waals surface area contributed by atoms with Gasteiger partial charge in [-0.3, -0.25) is 9.59 Å². The molecule has 0 aliphatic carbocycles. The fourth-order valence-electron chi connectivity index (χ4n) is 3.66. The molecule has 2 amide bonds. The molecule has 0 aromatic heterocycles. The second kappa shape index (κ2) is 8.08. The number of ether oxygens (including phenoxy) is 1. The van der Waals surface area contributed by atoms with E-state index in [9.17, 15) is 18.0 Å². The van der Waals surface area contributed by atoms with Crippen molar-refractivity contribution >= 4 is 27.5 Å². The third kappa shape index (κ3) is 4.03. The molecule has 8 nitrogen and oxygen atoms in total. The molecule has 2 aromatic carbocycles. The Morgan fingerprint density at radius 2 is 2.00 bits per heavy atom. The SMILES string of the molecule is Cc1ccc(CNC(=O)[C@H]2CCCN2S(=O)(=O)c2ccc3c(c2)NC(=O)CO3)cc1. The summed E-state index contributed by atoms with van der Waals surface area (Å²) in [4.78, 5) is 24.3. The maximum absolute atomic E-state index is 13.2. The molecule has 1 saturated heterocycles. The summed E-state index contributed by atoms with van der Waals surface area (Å²) in [5, 5.41) is 5.46. The van der Waals surface area contributed by atoms with Crippen LogP contribution in [-0.2, 0) is 26.2 Å². The number of aryl methyl sites for hydroxylation is 1. The van der Waals surface area contributed by atoms with Crippen molar-refractivity contribution in [3.8, 4) is 5.75 Å². The minimum atomic E-state index is -3.91. The summed E-state index contributed by atoms with van der Waals surface area (Å²) in [7, 11) is -3.91. The van der Waals surface area contributed by atoms with E-state index in [4.69, 9.17) is 4.74 Å². The van der Waals surface area contributed by atoms with Crippen LogP contribution in [0.15, 0.2) is 47.4 Å². The van der Waals surface area contributed by atoms with Crippen molar-refractivity contribution in [1.82, 2.24) is 9.62 Å². The first-order valence-electron chi connectivity index (χ1n) is 9.76. The van der Waals surface area contributed by atoms with E-state index < -0.39 is 16.1 Å². The second-order valence-electron chi connectivity index (χ2n) is 7.47. The van der Waals surface area contributed by atoms with Crippen LogP contribution in [0, 0.1) is 6.92 Å². The van der Waals surface area contributed by atoms with Crippen molar-refractivity contribution < 1.29 is 22.7 Å². The summed E-state index contributed by atoms with van der Waals surface area (Å²) >= 11 is 0. The molecule has 0 saturated carbocycles. The fourth-order valence-corrected chi connectivity index (χ4v) is 5.34. The van der Waals surface area contributed by atoms with Gasteiger partial charge in [0.15, 0.2) is 6.61 Å². The summed E-state index contributed by atoms with van der Waals surface area (Å²) in [6.45, 7) is 2.49. The number of sulfonamides is 1. The molecule has 0 spiro atoms. The van der Waals surface area contributed by atoms with Crippen molar-refractivity contribution in [3.63, 3.8) is 0 Å². The van der Waals surface area contributed by atoms with Crippen molar-refractivity contribution in [2.24, 2.45) is 0 Å². The Morgan fingerprint density at radius 1 is 1.23 bits per heavy atom. The van der Waals surface area contributed by atoms with Gasteiger partial charge in [-0.05, 0) is 43.5 Å². The van der Waals surface area contributed by atoms with Crippen LogP contribution in [0.2, 0.25) is 0 Å². The minimum absolute atomic E-state index is 0.0188. The van der Waals surface area contributed by atoms with Crippen LogP contribution in [0.5, 0.6) is 5.75 Å². The number of nitrogens with one attached hydrogen (secondary N) is 2. The van der Waals surface area contributed by atoms with Gasteiger partial charge in [0.1, 0.15) is 11.8 Å². The zero-order chi connectivity index (χ0) is 21.3. The van der Waals surface area contributed by atoms with Crippen LogP contribution < -0.4 is 15.4 Å². The van der Waals surface area contributed by atoms with Crippen LogP contribution in [0.3, 0.4) is 0 Å². The van der Waals surface area contributed by atoms with Gasteiger partial charge in [0.05, 0.1) is 10.6 Å². The Morgan fingerprint density at radius 3 is 2.77 bits per heavy atom. The van der Waals surface area contributed by atoms with Gasteiger partial charge in [0.25, 0.3) is 5.91 Å². The largest absolute Gasteiger partial charge is 0.482 e. The number of anilines is 1. The van der Waals surface area contributed by atoms with Gasteiger partial charge in [0, 0.05) is 13.1 Å². The van der Waals surface area contributed by atoms with Crippen LogP contribution in [0.1, 0.15) is 24.0 Å². The molecule has 2 aromatic rings. The molecule has 4 rings (SSSR count). The first kappa shape index (κ1) is 20.4. The highest BCUT2D eigenvalue weighted by atomic mass is 32.2. The van der Waals surface area contributed by atoms with Gasteiger partial charge >= 0.3 is 0 Å². The van der Waals surface area contributed by atoms with E-state index >= 15 is 0 Å². The molecule has 2 aliphatic heterocycles. The van der Waals surface area contributed by atoms with E-state index in [1.165, 1.54) is 22.5 Å². The van der Waals surface area contributed by atoms with Crippen LogP contribution >= 0.6 is 0 Å². The number of rotatable bonds is 5. The number of benzene rings is 2. The molecule has 9 heteroatoms. The first-order chi connectivity index (χ1) is 14.3. The van der Waals surface area contributed by atoms with Crippen molar-refractivity contribution in [2.45, 2.75) is 37.2 Å². The van der Waals surface area contributed by atoms with Gasteiger partial charge in [-0.2, -0.15) is 4.31 Å². The second-order valence-corrected chi connectivity index (χ2v) is 9.36. The molecule has 2 N–H and O–H groups in total. The van der Waals surface area contributed by atoms with E-state index in [1.807, 2.05) is 31.2 Å². The molecular weight excluding hydrogens is 406 g/mol. The smallest absolute Gasteiger partial charge is 0.262 e. The Kier molecular flexibility index (Phi) is 5.48.